The maximum Gasteiger partial charge on any atom is 0.325 e. The van der Waals surface area contributed by atoms with Gasteiger partial charge in [0, 0.05) is 5.69 Å². The molecular weight excluding hydrogens is 422 g/mol. The predicted octanol–water partition coefficient (Wildman–Crippen LogP) is 3.49. The van der Waals surface area contributed by atoms with E-state index in [4.69, 9.17) is 9.47 Å². The highest BCUT2D eigenvalue weighted by molar-refractivity contribution is 6.10. The Balaban J connectivity index is 1.27. The van der Waals surface area contributed by atoms with Crippen molar-refractivity contribution in [3.63, 3.8) is 0 Å². The first-order valence-electron chi connectivity index (χ1n) is 10.4. The maximum absolute atomic E-state index is 13.1. The van der Waals surface area contributed by atoms with Crippen LogP contribution < -0.4 is 20.1 Å². The summed E-state index contributed by atoms with van der Waals surface area (Å²) < 4.78 is 10.7. The van der Waals surface area contributed by atoms with Crippen LogP contribution in [0.25, 0.3) is 11.1 Å². The van der Waals surface area contributed by atoms with Crippen molar-refractivity contribution in [1.82, 2.24) is 10.2 Å². The van der Waals surface area contributed by atoms with Crippen molar-refractivity contribution in [3.8, 4) is 22.6 Å². The van der Waals surface area contributed by atoms with Crippen LogP contribution in [0.2, 0.25) is 0 Å². The van der Waals surface area contributed by atoms with Crippen molar-refractivity contribution in [2.24, 2.45) is 0 Å². The number of carbonyl (C=O) groups is 3. The maximum atomic E-state index is 13.1. The van der Waals surface area contributed by atoms with Gasteiger partial charge in [0.2, 0.25) is 12.7 Å². The highest BCUT2D eigenvalue weighted by Crippen LogP contribution is 2.37. The van der Waals surface area contributed by atoms with Gasteiger partial charge >= 0.3 is 6.03 Å². The van der Waals surface area contributed by atoms with Crippen LogP contribution in [-0.4, -0.2) is 36.1 Å². The number of fused-ring (bicyclic) bond motifs is 1. The molecule has 2 N–H and O–H groups in total. The van der Waals surface area contributed by atoms with E-state index in [1.807, 2.05) is 42.5 Å². The van der Waals surface area contributed by atoms with Crippen LogP contribution >= 0.6 is 0 Å². The average Bonchev–Trinajstić information content (AvgIpc) is 3.38. The van der Waals surface area contributed by atoms with Crippen LogP contribution in [0.5, 0.6) is 11.5 Å². The van der Waals surface area contributed by atoms with Crippen molar-refractivity contribution in [3.05, 3.63) is 78.4 Å². The van der Waals surface area contributed by atoms with Gasteiger partial charge in [-0.3, -0.25) is 14.5 Å². The number of imide groups is 1. The molecule has 0 aromatic heterocycles. The molecule has 3 aromatic rings. The summed E-state index contributed by atoms with van der Waals surface area (Å²) in [6.45, 7) is 1.31. The van der Waals surface area contributed by atoms with E-state index in [1.54, 1.807) is 37.3 Å². The summed E-state index contributed by atoms with van der Waals surface area (Å²) in [5.74, 6) is 0.0985. The Hall–Kier alpha value is -4.33. The first-order chi connectivity index (χ1) is 15.9. The van der Waals surface area contributed by atoms with Gasteiger partial charge < -0.3 is 20.1 Å². The molecule has 3 aromatic carbocycles. The molecule has 0 spiro atoms. The Morgan fingerprint density at radius 2 is 1.67 bits per heavy atom. The zero-order chi connectivity index (χ0) is 23.0. The summed E-state index contributed by atoms with van der Waals surface area (Å²) in [5, 5.41) is 5.43. The summed E-state index contributed by atoms with van der Waals surface area (Å²) in [7, 11) is 0. The molecule has 8 heteroatoms. The van der Waals surface area contributed by atoms with Gasteiger partial charge in [-0.05, 0) is 47.9 Å². The lowest BCUT2D eigenvalue weighted by atomic mass is 9.91. The van der Waals surface area contributed by atoms with Crippen molar-refractivity contribution >= 4 is 23.5 Å². The summed E-state index contributed by atoms with van der Waals surface area (Å²) >= 11 is 0. The van der Waals surface area contributed by atoms with Crippen LogP contribution in [0.4, 0.5) is 10.5 Å². The number of hydrogen-bond acceptors (Lipinski definition) is 5. The molecule has 0 radical (unpaired) electrons. The number of nitrogens with one attached hydrogen (secondary N) is 2. The molecule has 2 aliphatic heterocycles. The molecule has 0 unspecified atom stereocenters. The molecule has 33 heavy (non-hydrogen) atoms. The van der Waals surface area contributed by atoms with E-state index in [1.165, 1.54) is 0 Å². The molecule has 0 saturated carbocycles. The van der Waals surface area contributed by atoms with Gasteiger partial charge in [0.05, 0.1) is 0 Å². The molecule has 5 rings (SSSR count). The van der Waals surface area contributed by atoms with Crippen molar-refractivity contribution in [1.29, 1.82) is 0 Å². The quantitative estimate of drug-likeness (QED) is 0.589. The Morgan fingerprint density at radius 1 is 0.970 bits per heavy atom. The fourth-order valence-corrected chi connectivity index (χ4v) is 3.96. The van der Waals surface area contributed by atoms with Gasteiger partial charge in [0.1, 0.15) is 12.1 Å². The average molecular weight is 443 g/mol. The van der Waals surface area contributed by atoms with Gasteiger partial charge in [-0.1, -0.05) is 48.5 Å². The fraction of sp³-hybridized carbons (Fsp3) is 0.160. The van der Waals surface area contributed by atoms with Gasteiger partial charge in [-0.25, -0.2) is 4.79 Å². The van der Waals surface area contributed by atoms with E-state index < -0.39 is 29.9 Å². The summed E-state index contributed by atoms with van der Waals surface area (Å²) in [6.07, 6.45) is 0. The van der Waals surface area contributed by atoms with Gasteiger partial charge in [0.15, 0.2) is 11.5 Å². The number of benzene rings is 3. The zero-order valence-corrected chi connectivity index (χ0v) is 17.8. The van der Waals surface area contributed by atoms with E-state index in [0.29, 0.717) is 22.7 Å². The highest BCUT2D eigenvalue weighted by atomic mass is 16.7. The monoisotopic (exact) mass is 443 g/mol. The van der Waals surface area contributed by atoms with Crippen molar-refractivity contribution in [2.75, 3.05) is 18.7 Å². The first kappa shape index (κ1) is 20.6. The molecule has 166 valence electrons. The molecule has 0 bridgehead atoms. The molecular formula is C25H21N3O5. The summed E-state index contributed by atoms with van der Waals surface area (Å²) in [5.41, 5.74) is 1.89. The third kappa shape index (κ3) is 3.76. The van der Waals surface area contributed by atoms with E-state index in [2.05, 4.69) is 10.6 Å². The standard InChI is InChI=1S/C25H21N3O5/c1-25(18-9-12-20-21(13-18)33-15-32-20)23(30)28(24(31)27-25)14-22(29)26-19-10-7-17(8-11-19)16-5-3-2-4-6-16/h2-13H,14-15H2,1H3,(H,26,29)(H,27,31)/t25-/m1/s1. The SMILES string of the molecule is C[C@]1(c2ccc3c(c2)OCO3)NC(=O)N(CC(=O)Nc2ccc(-c3ccccc3)cc2)C1=O. The Morgan fingerprint density at radius 3 is 2.42 bits per heavy atom. The lowest BCUT2D eigenvalue weighted by Gasteiger charge is -2.22. The number of hydrogen-bond donors (Lipinski definition) is 2. The summed E-state index contributed by atoms with van der Waals surface area (Å²) in [4.78, 5) is 39.2. The Labute approximate surface area is 190 Å². The van der Waals surface area contributed by atoms with E-state index in [-0.39, 0.29) is 6.79 Å². The number of carbonyl (C=O) groups excluding carboxylic acids is 3. The van der Waals surface area contributed by atoms with E-state index in [9.17, 15) is 14.4 Å². The van der Waals surface area contributed by atoms with Crippen LogP contribution in [0.1, 0.15) is 12.5 Å². The van der Waals surface area contributed by atoms with Gasteiger partial charge in [0.25, 0.3) is 5.91 Å². The minimum absolute atomic E-state index is 0.106. The van der Waals surface area contributed by atoms with E-state index in [0.717, 1.165) is 16.0 Å². The molecule has 8 nitrogen and oxygen atoms in total. The minimum atomic E-state index is -1.31. The van der Waals surface area contributed by atoms with Gasteiger partial charge in [-0.15, -0.1) is 0 Å². The first-order valence-corrected chi connectivity index (χ1v) is 10.4. The normalized spacial score (nSPS) is 18.9. The van der Waals surface area contributed by atoms with Crippen LogP contribution in [0, 0.1) is 0 Å². The number of amides is 4. The number of ether oxygens (including phenoxy) is 2. The molecule has 4 amide bonds. The van der Waals surface area contributed by atoms with Crippen LogP contribution in [-0.2, 0) is 15.1 Å². The third-order valence-electron chi connectivity index (χ3n) is 5.80. The number of anilines is 1. The molecule has 1 saturated heterocycles. The lowest BCUT2D eigenvalue weighted by Crippen LogP contribution is -2.42. The summed E-state index contributed by atoms with van der Waals surface area (Å²) in [6, 6.07) is 21.7. The topological polar surface area (TPSA) is 97.0 Å². The van der Waals surface area contributed by atoms with Crippen LogP contribution in [0.15, 0.2) is 72.8 Å². The third-order valence-corrected chi connectivity index (χ3v) is 5.80. The van der Waals surface area contributed by atoms with Crippen molar-refractivity contribution in [2.45, 2.75) is 12.5 Å². The van der Waals surface area contributed by atoms with Gasteiger partial charge in [-0.2, -0.15) is 0 Å². The largest absolute Gasteiger partial charge is 0.454 e. The lowest BCUT2D eigenvalue weighted by molar-refractivity contribution is -0.133. The zero-order valence-electron chi connectivity index (χ0n) is 17.8. The second kappa shape index (κ2) is 7.98. The second-order valence-electron chi connectivity index (χ2n) is 8.01. The van der Waals surface area contributed by atoms with Crippen molar-refractivity contribution < 1.29 is 23.9 Å². The second-order valence-corrected chi connectivity index (χ2v) is 8.01. The Kier molecular flexibility index (Phi) is 4.97. The number of rotatable bonds is 5. The Bertz CT molecular complexity index is 1240. The molecule has 0 aliphatic carbocycles. The number of urea groups is 1. The molecule has 2 heterocycles. The van der Waals surface area contributed by atoms with Crippen LogP contribution in [0.3, 0.4) is 0 Å². The smallest absolute Gasteiger partial charge is 0.325 e. The molecule has 1 fully saturated rings. The predicted molar refractivity (Wildman–Crippen MR) is 121 cm³/mol. The van der Waals surface area contributed by atoms with E-state index >= 15 is 0 Å². The minimum Gasteiger partial charge on any atom is -0.454 e. The fourth-order valence-electron chi connectivity index (χ4n) is 3.96. The molecule has 2 aliphatic rings. The number of nitrogens with zero attached hydrogens (tertiary/aromatic N) is 1. The molecule has 1 atom stereocenters. The highest BCUT2D eigenvalue weighted by Gasteiger charge is 2.49.